The van der Waals surface area contributed by atoms with E-state index in [-0.39, 0.29) is 0 Å². The molecular formula is C12H16BrNOS. The van der Waals surface area contributed by atoms with Crippen LogP contribution in [0.3, 0.4) is 0 Å². The van der Waals surface area contributed by atoms with Crippen LogP contribution in [0.1, 0.15) is 25.1 Å². The maximum atomic E-state index is 11.8. The quantitative estimate of drug-likeness (QED) is 0.836. The number of thiophene rings is 1. The predicted octanol–water partition coefficient (Wildman–Crippen LogP) is 3.52. The Morgan fingerprint density at radius 3 is 2.88 bits per heavy atom. The lowest BCUT2D eigenvalue weighted by molar-refractivity contribution is -0.128. The number of carbonyl (C=O) groups is 1. The highest BCUT2D eigenvalue weighted by molar-refractivity contribution is 9.10. The van der Waals surface area contributed by atoms with Crippen LogP contribution in [0.2, 0.25) is 0 Å². The fourth-order valence-corrected chi connectivity index (χ4v) is 3.49. The Morgan fingerprint density at radius 1 is 1.62 bits per heavy atom. The number of hydrogen-bond donors (Lipinski definition) is 0. The van der Waals surface area contributed by atoms with Gasteiger partial charge in [0, 0.05) is 27.7 Å². The second kappa shape index (κ2) is 4.88. The molecule has 0 spiro atoms. The molecule has 88 valence electrons. The molecule has 1 aromatic heterocycles. The van der Waals surface area contributed by atoms with Gasteiger partial charge in [0.05, 0.1) is 6.54 Å². The number of rotatable bonds is 3. The minimum atomic E-state index is 0.309. The van der Waals surface area contributed by atoms with Crippen molar-refractivity contribution in [3.8, 4) is 0 Å². The Kier molecular flexibility index (Phi) is 3.70. The molecule has 1 aliphatic rings. The van der Waals surface area contributed by atoms with Gasteiger partial charge in [-0.25, -0.2) is 0 Å². The van der Waals surface area contributed by atoms with Gasteiger partial charge in [0.1, 0.15) is 0 Å². The van der Waals surface area contributed by atoms with Crippen LogP contribution in [-0.4, -0.2) is 17.4 Å². The van der Waals surface area contributed by atoms with Gasteiger partial charge in [-0.3, -0.25) is 4.79 Å². The smallest absolute Gasteiger partial charge is 0.223 e. The number of halogens is 1. The zero-order chi connectivity index (χ0) is 11.7. The molecule has 1 aliphatic heterocycles. The zero-order valence-corrected chi connectivity index (χ0v) is 12.0. The van der Waals surface area contributed by atoms with Crippen LogP contribution in [0.15, 0.2) is 15.9 Å². The van der Waals surface area contributed by atoms with Crippen LogP contribution in [0.5, 0.6) is 0 Å². The van der Waals surface area contributed by atoms with E-state index in [4.69, 9.17) is 0 Å². The maximum absolute atomic E-state index is 11.8. The summed E-state index contributed by atoms with van der Waals surface area (Å²) in [4.78, 5) is 15.1. The predicted molar refractivity (Wildman–Crippen MR) is 70.4 cm³/mol. The molecule has 4 heteroatoms. The molecule has 1 aromatic rings. The molecule has 1 unspecified atom stereocenters. The third-order valence-electron chi connectivity index (χ3n) is 3.16. The topological polar surface area (TPSA) is 20.3 Å². The number of nitrogens with zero attached hydrogens (tertiary/aromatic N) is 1. The lowest BCUT2D eigenvalue weighted by Gasteiger charge is -2.17. The molecule has 1 amide bonds. The third-order valence-corrected chi connectivity index (χ3v) is 4.84. The first-order valence-corrected chi connectivity index (χ1v) is 7.24. The summed E-state index contributed by atoms with van der Waals surface area (Å²) < 4.78 is 1.11. The van der Waals surface area contributed by atoms with E-state index in [2.05, 4.69) is 41.2 Å². The molecule has 1 atom stereocenters. The Balaban J connectivity index is 1.98. The average molecular weight is 302 g/mol. The van der Waals surface area contributed by atoms with Crippen molar-refractivity contribution in [2.45, 2.75) is 26.8 Å². The Hall–Kier alpha value is -0.350. The van der Waals surface area contributed by atoms with Crippen LogP contribution in [-0.2, 0) is 11.3 Å². The summed E-state index contributed by atoms with van der Waals surface area (Å²) in [7, 11) is 0. The summed E-state index contributed by atoms with van der Waals surface area (Å²) in [5.74, 6) is 1.45. The monoisotopic (exact) mass is 301 g/mol. The van der Waals surface area contributed by atoms with E-state index >= 15 is 0 Å². The second-order valence-electron chi connectivity index (χ2n) is 4.71. The summed E-state index contributed by atoms with van der Waals surface area (Å²) in [6.45, 7) is 6.09. The highest BCUT2D eigenvalue weighted by Crippen LogP contribution is 2.28. The molecular weight excluding hydrogens is 286 g/mol. The van der Waals surface area contributed by atoms with E-state index in [1.54, 1.807) is 11.3 Å². The first kappa shape index (κ1) is 12.1. The van der Waals surface area contributed by atoms with Gasteiger partial charge < -0.3 is 4.90 Å². The number of likely N-dealkylation sites (tertiary alicyclic amines) is 1. The lowest BCUT2D eigenvalue weighted by atomic mass is 9.95. The summed E-state index contributed by atoms with van der Waals surface area (Å²) in [5.41, 5.74) is 0. The second-order valence-corrected chi connectivity index (χ2v) is 6.63. The van der Waals surface area contributed by atoms with E-state index < -0.39 is 0 Å². The van der Waals surface area contributed by atoms with Crippen molar-refractivity contribution in [3.05, 3.63) is 20.8 Å². The minimum absolute atomic E-state index is 0.309. The van der Waals surface area contributed by atoms with Crippen molar-refractivity contribution >= 4 is 33.2 Å². The fourth-order valence-electron chi connectivity index (χ4n) is 2.03. The van der Waals surface area contributed by atoms with Gasteiger partial charge in [-0.1, -0.05) is 13.8 Å². The molecule has 2 rings (SSSR count). The summed E-state index contributed by atoms with van der Waals surface area (Å²) in [6, 6.07) is 2.10. The molecule has 0 radical (unpaired) electrons. The summed E-state index contributed by atoms with van der Waals surface area (Å²) in [5, 5.41) is 2.07. The van der Waals surface area contributed by atoms with Gasteiger partial charge in [0.25, 0.3) is 0 Å². The van der Waals surface area contributed by atoms with Gasteiger partial charge >= 0.3 is 0 Å². The highest BCUT2D eigenvalue weighted by Gasteiger charge is 2.31. The van der Waals surface area contributed by atoms with Crippen LogP contribution in [0, 0.1) is 11.8 Å². The first-order chi connectivity index (χ1) is 7.56. The normalized spacial score (nSPS) is 21.1. The minimum Gasteiger partial charge on any atom is -0.337 e. The Labute approximate surface area is 109 Å². The molecule has 0 bridgehead atoms. The van der Waals surface area contributed by atoms with Crippen LogP contribution < -0.4 is 0 Å². The highest BCUT2D eigenvalue weighted by atomic mass is 79.9. The van der Waals surface area contributed by atoms with Gasteiger partial charge in [-0.05, 0) is 33.8 Å². The van der Waals surface area contributed by atoms with Crippen molar-refractivity contribution in [1.82, 2.24) is 4.90 Å². The van der Waals surface area contributed by atoms with Crippen molar-refractivity contribution < 1.29 is 4.79 Å². The maximum Gasteiger partial charge on any atom is 0.223 e. The summed E-state index contributed by atoms with van der Waals surface area (Å²) in [6.07, 6.45) is 0.726. The third kappa shape index (κ3) is 2.66. The van der Waals surface area contributed by atoms with Crippen molar-refractivity contribution in [3.63, 3.8) is 0 Å². The van der Waals surface area contributed by atoms with Crippen LogP contribution in [0.25, 0.3) is 0 Å². The molecule has 1 fully saturated rings. The molecule has 2 heterocycles. The van der Waals surface area contributed by atoms with Crippen molar-refractivity contribution in [1.29, 1.82) is 0 Å². The average Bonchev–Trinajstić information content (AvgIpc) is 2.75. The van der Waals surface area contributed by atoms with Crippen LogP contribution >= 0.6 is 27.3 Å². The number of amides is 1. The fraction of sp³-hybridized carbons (Fsp3) is 0.583. The van der Waals surface area contributed by atoms with Crippen molar-refractivity contribution in [2.24, 2.45) is 11.8 Å². The standard InChI is InChI=1S/C12H16BrNOS/c1-8(2)9-3-12(15)14(5-9)6-11-4-10(13)7-16-11/h4,7-9H,3,5-6H2,1-2H3. The molecule has 16 heavy (non-hydrogen) atoms. The molecule has 0 N–H and O–H groups in total. The van der Waals surface area contributed by atoms with Gasteiger partial charge in [-0.15, -0.1) is 11.3 Å². The largest absolute Gasteiger partial charge is 0.337 e. The Morgan fingerprint density at radius 2 is 2.38 bits per heavy atom. The molecule has 1 saturated heterocycles. The molecule has 2 nitrogen and oxygen atoms in total. The number of carbonyl (C=O) groups excluding carboxylic acids is 1. The van der Waals surface area contributed by atoms with E-state index in [9.17, 15) is 4.79 Å². The molecule has 0 aliphatic carbocycles. The van der Waals surface area contributed by atoms with E-state index in [1.807, 2.05) is 4.90 Å². The zero-order valence-electron chi connectivity index (χ0n) is 9.57. The molecule has 0 aromatic carbocycles. The Bertz CT molecular complexity index is 388. The van der Waals surface area contributed by atoms with Crippen LogP contribution in [0.4, 0.5) is 0 Å². The lowest BCUT2D eigenvalue weighted by Crippen LogP contribution is -2.24. The first-order valence-electron chi connectivity index (χ1n) is 5.57. The van der Waals surface area contributed by atoms with Crippen molar-refractivity contribution in [2.75, 3.05) is 6.54 Å². The van der Waals surface area contributed by atoms with E-state index in [0.717, 1.165) is 24.0 Å². The van der Waals surface area contributed by atoms with E-state index in [1.165, 1.54) is 4.88 Å². The summed E-state index contributed by atoms with van der Waals surface area (Å²) >= 11 is 5.15. The van der Waals surface area contributed by atoms with E-state index in [0.29, 0.717) is 17.7 Å². The van der Waals surface area contributed by atoms with Gasteiger partial charge in [0.15, 0.2) is 0 Å². The SMILES string of the molecule is CC(C)C1CC(=O)N(Cc2cc(Br)cs2)C1. The van der Waals surface area contributed by atoms with Gasteiger partial charge in [-0.2, -0.15) is 0 Å². The number of hydrogen-bond acceptors (Lipinski definition) is 2. The van der Waals surface area contributed by atoms with Gasteiger partial charge in [0.2, 0.25) is 5.91 Å². The molecule has 0 saturated carbocycles.